The third-order valence-electron chi connectivity index (χ3n) is 6.65. The first-order valence-corrected chi connectivity index (χ1v) is 14.2. The molecule has 1 aliphatic rings. The van der Waals surface area contributed by atoms with E-state index in [9.17, 15) is 13.2 Å². The fourth-order valence-corrected chi connectivity index (χ4v) is 6.05. The summed E-state index contributed by atoms with van der Waals surface area (Å²) in [7, 11) is -3.76. The normalized spacial score (nSPS) is 15.2. The number of nitrogens with zero attached hydrogens (tertiary/aromatic N) is 6. The molecule has 0 atom stereocenters. The van der Waals surface area contributed by atoms with Gasteiger partial charge in [0, 0.05) is 37.9 Å². The summed E-state index contributed by atoms with van der Waals surface area (Å²) in [6.45, 7) is 7.89. The number of aromatic nitrogens is 5. The van der Waals surface area contributed by atoms with E-state index in [2.05, 4.69) is 31.9 Å². The Morgan fingerprint density at radius 1 is 1.03 bits per heavy atom. The zero-order chi connectivity index (χ0) is 26.7. The Morgan fingerprint density at radius 3 is 2.55 bits per heavy atom. The lowest BCUT2D eigenvalue weighted by Crippen LogP contribution is -2.48. The van der Waals surface area contributed by atoms with E-state index in [0.717, 1.165) is 18.7 Å². The first-order valence-electron chi connectivity index (χ1n) is 12.8. The predicted octanol–water partition coefficient (Wildman–Crippen LogP) is 2.34. The largest absolute Gasteiger partial charge is 0.493 e. The van der Waals surface area contributed by atoms with Gasteiger partial charge in [-0.15, -0.1) is 0 Å². The second kappa shape index (κ2) is 11.0. The molecular formula is C26H31N7O4S. The van der Waals surface area contributed by atoms with E-state index in [0.29, 0.717) is 55.3 Å². The van der Waals surface area contributed by atoms with E-state index in [1.54, 1.807) is 29.1 Å². The van der Waals surface area contributed by atoms with E-state index in [1.807, 2.05) is 25.1 Å². The highest BCUT2D eigenvalue weighted by Crippen LogP contribution is 2.36. The lowest BCUT2D eigenvalue weighted by molar-refractivity contribution is 0.196. The molecule has 1 saturated heterocycles. The summed E-state index contributed by atoms with van der Waals surface area (Å²) in [6.07, 6.45) is 3.78. The number of aromatic amines is 1. The number of benzene rings is 1. The first kappa shape index (κ1) is 26.0. The summed E-state index contributed by atoms with van der Waals surface area (Å²) in [5.41, 5.74) is 1.86. The molecule has 5 rings (SSSR count). The molecule has 3 aromatic heterocycles. The Hall–Kier alpha value is -3.61. The molecular weight excluding hydrogens is 506 g/mol. The van der Waals surface area contributed by atoms with Crippen molar-refractivity contribution in [3.8, 4) is 17.0 Å². The molecule has 0 spiro atoms. The number of pyridine rings is 1. The van der Waals surface area contributed by atoms with Crippen LogP contribution in [0.25, 0.3) is 22.3 Å². The molecule has 0 radical (unpaired) electrons. The number of sulfonamides is 1. The number of ether oxygens (including phenoxy) is 1. The monoisotopic (exact) mass is 537 g/mol. The Morgan fingerprint density at radius 2 is 1.84 bits per heavy atom. The van der Waals surface area contributed by atoms with E-state index in [1.165, 1.54) is 10.6 Å². The number of H-pyrrole nitrogens is 1. The Kier molecular flexibility index (Phi) is 7.54. The maximum Gasteiger partial charge on any atom is 0.279 e. The van der Waals surface area contributed by atoms with E-state index in [-0.39, 0.29) is 22.5 Å². The van der Waals surface area contributed by atoms with Crippen LogP contribution in [0.15, 0.2) is 58.6 Å². The summed E-state index contributed by atoms with van der Waals surface area (Å²) in [4.78, 5) is 26.4. The van der Waals surface area contributed by atoms with E-state index in [4.69, 9.17) is 4.74 Å². The smallest absolute Gasteiger partial charge is 0.279 e. The van der Waals surface area contributed by atoms with Gasteiger partial charge in [0.15, 0.2) is 5.52 Å². The quantitative estimate of drug-likeness (QED) is 0.345. The summed E-state index contributed by atoms with van der Waals surface area (Å²) < 4.78 is 36.6. The summed E-state index contributed by atoms with van der Waals surface area (Å²) in [6, 6.07) is 10.4. The van der Waals surface area contributed by atoms with Gasteiger partial charge >= 0.3 is 0 Å². The summed E-state index contributed by atoms with van der Waals surface area (Å²) in [5.74, 6) is 0.493. The second-order valence-electron chi connectivity index (χ2n) is 9.10. The molecule has 1 aromatic carbocycles. The molecule has 1 fully saturated rings. The molecule has 200 valence electrons. The Balaban J connectivity index is 1.66. The van der Waals surface area contributed by atoms with Gasteiger partial charge in [0.2, 0.25) is 10.0 Å². The topological polar surface area (TPSA) is 126 Å². The van der Waals surface area contributed by atoms with Crippen LogP contribution in [0, 0.1) is 0 Å². The van der Waals surface area contributed by atoms with E-state index < -0.39 is 10.0 Å². The van der Waals surface area contributed by atoms with Crippen molar-refractivity contribution >= 4 is 21.1 Å². The molecule has 0 amide bonds. The fourth-order valence-electron chi connectivity index (χ4n) is 4.61. The predicted molar refractivity (Wildman–Crippen MR) is 144 cm³/mol. The van der Waals surface area contributed by atoms with Gasteiger partial charge in [-0.05, 0) is 43.3 Å². The number of rotatable bonds is 9. The van der Waals surface area contributed by atoms with E-state index >= 15 is 0 Å². The molecule has 11 nitrogen and oxygen atoms in total. The minimum atomic E-state index is -3.76. The van der Waals surface area contributed by atoms with Crippen LogP contribution >= 0.6 is 0 Å². The number of nitrogens with one attached hydrogen (secondary N) is 1. The van der Waals surface area contributed by atoms with Gasteiger partial charge in [-0.1, -0.05) is 19.9 Å². The van der Waals surface area contributed by atoms with Crippen LogP contribution in [0.3, 0.4) is 0 Å². The molecule has 4 heterocycles. The average Bonchev–Trinajstić information content (AvgIpc) is 3.31. The lowest BCUT2D eigenvalue weighted by Gasteiger charge is -2.33. The molecule has 0 aliphatic carbocycles. The standard InChI is InChI=1S/C26H31N7O4S/c1-3-15-37-22-9-8-20(38(35,36)32-13-11-31(4-2)12-14-32)16-21(22)25-23-24(26(34)29-18-28-23)30-33(25)17-19-7-5-6-10-27-19/h5-10,16,18H,3-4,11-15,17H2,1-2H3,(H,28,29,34). The molecule has 1 N–H and O–H groups in total. The first-order chi connectivity index (χ1) is 18.4. The van der Waals surface area contributed by atoms with Crippen molar-refractivity contribution in [1.29, 1.82) is 0 Å². The van der Waals surface area contributed by atoms with Gasteiger partial charge < -0.3 is 14.6 Å². The highest BCUT2D eigenvalue weighted by Gasteiger charge is 2.30. The van der Waals surface area contributed by atoms with Gasteiger partial charge in [0.1, 0.15) is 11.3 Å². The number of hydrogen-bond acceptors (Lipinski definition) is 8. The third kappa shape index (κ3) is 5.06. The molecule has 0 unspecified atom stereocenters. The summed E-state index contributed by atoms with van der Waals surface area (Å²) >= 11 is 0. The molecule has 38 heavy (non-hydrogen) atoms. The molecule has 12 heteroatoms. The van der Waals surface area contributed by atoms with Crippen molar-refractivity contribution in [2.75, 3.05) is 39.3 Å². The second-order valence-corrected chi connectivity index (χ2v) is 11.0. The van der Waals surface area contributed by atoms with Gasteiger partial charge in [-0.25, -0.2) is 13.4 Å². The number of hydrogen-bond donors (Lipinski definition) is 1. The number of fused-ring (bicyclic) bond motifs is 1. The van der Waals surface area contributed by atoms with Crippen LogP contribution in [-0.2, 0) is 16.6 Å². The van der Waals surface area contributed by atoms with Crippen molar-refractivity contribution in [2.24, 2.45) is 0 Å². The Labute approximate surface area is 221 Å². The van der Waals surface area contributed by atoms with Crippen molar-refractivity contribution in [3.63, 3.8) is 0 Å². The van der Waals surface area contributed by atoms with Crippen LogP contribution in [0.2, 0.25) is 0 Å². The molecule has 0 saturated carbocycles. The highest BCUT2D eigenvalue weighted by atomic mass is 32.2. The summed E-state index contributed by atoms with van der Waals surface area (Å²) in [5, 5.41) is 4.55. The van der Waals surface area contributed by atoms with Gasteiger partial charge in [-0.2, -0.15) is 9.40 Å². The number of piperazine rings is 1. The zero-order valence-electron chi connectivity index (χ0n) is 21.5. The average molecular weight is 538 g/mol. The minimum absolute atomic E-state index is 0.156. The SMILES string of the molecule is CCCOc1ccc(S(=O)(=O)N2CCN(CC)CC2)cc1-c1c2nc[nH]c(=O)c2nn1Cc1ccccn1. The van der Waals surface area contributed by atoms with Crippen molar-refractivity contribution < 1.29 is 13.2 Å². The maximum absolute atomic E-state index is 13.7. The Bertz CT molecular complexity index is 1580. The maximum atomic E-state index is 13.7. The van der Waals surface area contributed by atoms with Crippen molar-refractivity contribution in [2.45, 2.75) is 31.7 Å². The fraction of sp³-hybridized carbons (Fsp3) is 0.385. The van der Waals surface area contributed by atoms with Crippen molar-refractivity contribution in [3.05, 3.63) is 65.0 Å². The minimum Gasteiger partial charge on any atom is -0.493 e. The van der Waals surface area contributed by atoms with Gasteiger partial charge in [-0.3, -0.25) is 14.5 Å². The zero-order valence-corrected chi connectivity index (χ0v) is 22.3. The number of likely N-dealkylation sites (N-methyl/N-ethyl adjacent to an activating group) is 1. The van der Waals surface area contributed by atoms with Crippen LogP contribution in [-0.4, -0.2) is 81.7 Å². The van der Waals surface area contributed by atoms with Crippen LogP contribution in [0.1, 0.15) is 26.0 Å². The van der Waals surface area contributed by atoms with Gasteiger partial charge in [0.05, 0.1) is 35.8 Å². The van der Waals surface area contributed by atoms with Crippen LogP contribution in [0.4, 0.5) is 0 Å². The van der Waals surface area contributed by atoms with Gasteiger partial charge in [0.25, 0.3) is 5.56 Å². The third-order valence-corrected chi connectivity index (χ3v) is 8.55. The lowest BCUT2D eigenvalue weighted by atomic mass is 10.1. The molecule has 1 aliphatic heterocycles. The molecule has 4 aromatic rings. The molecule has 0 bridgehead atoms. The van der Waals surface area contributed by atoms with Crippen molar-refractivity contribution in [1.82, 2.24) is 33.9 Å². The highest BCUT2D eigenvalue weighted by molar-refractivity contribution is 7.89. The van der Waals surface area contributed by atoms with Crippen LogP contribution in [0.5, 0.6) is 5.75 Å². The van der Waals surface area contributed by atoms with Crippen LogP contribution < -0.4 is 10.3 Å².